The molecule has 0 amide bonds. The van der Waals surface area contributed by atoms with Crippen molar-refractivity contribution in [3.8, 4) is 17.6 Å². The zero-order chi connectivity index (χ0) is 15.9. The van der Waals surface area contributed by atoms with Gasteiger partial charge in [-0.1, -0.05) is 24.3 Å². The Balaban J connectivity index is 2.32. The van der Waals surface area contributed by atoms with Gasteiger partial charge in [0.1, 0.15) is 18.2 Å². The quantitative estimate of drug-likeness (QED) is 0.369. The third-order valence-electron chi connectivity index (χ3n) is 2.81. The lowest BCUT2D eigenvalue weighted by Crippen LogP contribution is -2.06. The van der Waals surface area contributed by atoms with Crippen molar-refractivity contribution < 1.29 is 19.0 Å². The fourth-order valence-electron chi connectivity index (χ4n) is 1.85. The van der Waals surface area contributed by atoms with Gasteiger partial charge in [-0.25, -0.2) is 4.79 Å². The second kappa shape index (κ2) is 7.53. The number of esters is 1. The molecule has 0 aromatic heterocycles. The minimum Gasteiger partial charge on any atom is -0.489 e. The first-order valence-electron chi connectivity index (χ1n) is 6.64. The Bertz CT molecular complexity index is 661. The first-order valence-corrected chi connectivity index (χ1v) is 7.02. The summed E-state index contributed by atoms with van der Waals surface area (Å²) in [7, 11) is 0. The number of nitrogens with zero attached hydrogens (tertiary/aromatic N) is 1. The van der Waals surface area contributed by atoms with E-state index in [1.54, 1.807) is 12.1 Å². The summed E-state index contributed by atoms with van der Waals surface area (Å²) in [6.07, 6.45) is 3.58. The number of hydrogen-bond donors (Lipinski definition) is 0. The van der Waals surface area contributed by atoms with Gasteiger partial charge < -0.3 is 14.2 Å². The van der Waals surface area contributed by atoms with E-state index in [4.69, 9.17) is 31.1 Å². The molecular weight excluding hydrogens is 306 g/mol. The van der Waals surface area contributed by atoms with Gasteiger partial charge in [-0.15, -0.1) is 0 Å². The van der Waals surface area contributed by atoms with Crippen LogP contribution in [0.15, 0.2) is 30.4 Å². The van der Waals surface area contributed by atoms with Crippen LogP contribution in [0.1, 0.15) is 12.0 Å². The van der Waals surface area contributed by atoms with Gasteiger partial charge in [0.2, 0.25) is 0 Å². The first-order chi connectivity index (χ1) is 10.7. The molecule has 2 rings (SSSR count). The van der Waals surface area contributed by atoms with Crippen LogP contribution in [-0.4, -0.2) is 25.8 Å². The Morgan fingerprint density at radius 1 is 1.45 bits per heavy atom. The van der Waals surface area contributed by atoms with Gasteiger partial charge in [-0.2, -0.15) is 5.26 Å². The minimum atomic E-state index is -0.717. The van der Waals surface area contributed by atoms with Crippen molar-refractivity contribution in [1.29, 1.82) is 5.26 Å². The highest BCUT2D eigenvalue weighted by Gasteiger charge is 2.16. The number of rotatable bonds is 4. The van der Waals surface area contributed by atoms with E-state index in [-0.39, 0.29) is 12.2 Å². The summed E-state index contributed by atoms with van der Waals surface area (Å²) in [5, 5.41) is 9.44. The number of hydrogen-bond acceptors (Lipinski definition) is 5. The number of carbonyl (C=O) groups excluding carboxylic acids is 1. The zero-order valence-electron chi connectivity index (χ0n) is 11.8. The van der Waals surface area contributed by atoms with Gasteiger partial charge in [0, 0.05) is 6.42 Å². The molecule has 114 valence electrons. The van der Waals surface area contributed by atoms with Gasteiger partial charge in [-0.05, 0) is 23.8 Å². The van der Waals surface area contributed by atoms with Gasteiger partial charge in [0.05, 0.1) is 18.2 Å². The summed E-state index contributed by atoms with van der Waals surface area (Å²) in [5.74, 6) is 0.252. The summed E-state index contributed by atoms with van der Waals surface area (Å²) in [4.78, 5) is 11.7. The maximum absolute atomic E-state index is 11.7. The Morgan fingerprint density at radius 3 is 2.95 bits per heavy atom. The number of benzene rings is 1. The molecule has 0 saturated heterocycles. The molecule has 0 N–H and O–H groups in total. The van der Waals surface area contributed by atoms with Crippen LogP contribution in [-0.2, 0) is 9.53 Å². The van der Waals surface area contributed by atoms with Crippen LogP contribution in [0.25, 0.3) is 6.08 Å². The Kier molecular flexibility index (Phi) is 5.45. The van der Waals surface area contributed by atoms with Crippen LogP contribution in [0.4, 0.5) is 0 Å². The molecule has 0 unspecified atom stereocenters. The standard InChI is InChI=1S/C16H14ClNO4/c1-2-4-22-16(19)12(10-18)7-11-8-13(17)15-14(9-11)20-5-3-6-21-15/h2,7-9H,1,3-6H2/b12-7+. The third-order valence-corrected chi connectivity index (χ3v) is 3.09. The molecule has 0 aliphatic carbocycles. The molecular formula is C16H14ClNO4. The van der Waals surface area contributed by atoms with Gasteiger partial charge in [0.15, 0.2) is 11.5 Å². The van der Waals surface area contributed by atoms with E-state index in [9.17, 15) is 4.79 Å². The van der Waals surface area contributed by atoms with Gasteiger partial charge >= 0.3 is 5.97 Å². The molecule has 0 spiro atoms. The van der Waals surface area contributed by atoms with Crippen molar-refractivity contribution in [2.45, 2.75) is 6.42 Å². The third kappa shape index (κ3) is 3.80. The molecule has 5 nitrogen and oxygen atoms in total. The molecule has 0 bridgehead atoms. The maximum atomic E-state index is 11.7. The van der Waals surface area contributed by atoms with Gasteiger partial charge in [0.25, 0.3) is 0 Å². The summed E-state index contributed by atoms with van der Waals surface area (Å²) in [6, 6.07) is 5.08. The highest BCUT2D eigenvalue weighted by molar-refractivity contribution is 6.32. The van der Waals surface area contributed by atoms with Crippen molar-refractivity contribution >= 4 is 23.6 Å². The largest absolute Gasteiger partial charge is 0.489 e. The average molecular weight is 320 g/mol. The van der Waals surface area contributed by atoms with Crippen LogP contribution in [0, 0.1) is 11.3 Å². The van der Waals surface area contributed by atoms with Crippen LogP contribution in [0.2, 0.25) is 5.02 Å². The van der Waals surface area contributed by atoms with E-state index in [2.05, 4.69) is 6.58 Å². The Labute approximate surface area is 133 Å². The highest BCUT2D eigenvalue weighted by atomic mass is 35.5. The molecule has 1 aromatic rings. The molecule has 22 heavy (non-hydrogen) atoms. The molecule has 0 saturated carbocycles. The van der Waals surface area contributed by atoms with Gasteiger partial charge in [-0.3, -0.25) is 0 Å². The van der Waals surface area contributed by atoms with Crippen molar-refractivity contribution in [3.63, 3.8) is 0 Å². The van der Waals surface area contributed by atoms with E-state index in [1.807, 2.05) is 6.07 Å². The molecule has 0 radical (unpaired) electrons. The van der Waals surface area contributed by atoms with Crippen LogP contribution in [0.5, 0.6) is 11.5 Å². The van der Waals surface area contributed by atoms with Crippen molar-refractivity contribution in [3.05, 3.63) is 40.9 Å². The molecule has 0 atom stereocenters. The van der Waals surface area contributed by atoms with Crippen molar-refractivity contribution in [1.82, 2.24) is 0 Å². The van der Waals surface area contributed by atoms with Crippen LogP contribution in [0.3, 0.4) is 0 Å². The van der Waals surface area contributed by atoms with E-state index in [0.29, 0.717) is 35.3 Å². The second-order valence-corrected chi connectivity index (χ2v) is 4.84. The molecule has 0 fully saturated rings. The van der Waals surface area contributed by atoms with Crippen LogP contribution >= 0.6 is 11.6 Å². The predicted molar refractivity (Wildman–Crippen MR) is 81.8 cm³/mol. The first kappa shape index (κ1) is 15.9. The summed E-state index contributed by atoms with van der Waals surface area (Å²) in [5.41, 5.74) is 0.425. The number of nitriles is 1. The highest BCUT2D eigenvalue weighted by Crippen LogP contribution is 2.38. The van der Waals surface area contributed by atoms with E-state index in [0.717, 1.165) is 6.42 Å². The van der Waals surface area contributed by atoms with E-state index < -0.39 is 5.97 Å². The predicted octanol–water partition coefficient (Wildman–Crippen LogP) is 3.14. The summed E-state index contributed by atoms with van der Waals surface area (Å²) >= 11 is 6.16. The lowest BCUT2D eigenvalue weighted by Gasteiger charge is -2.10. The lowest BCUT2D eigenvalue weighted by molar-refractivity contribution is -0.137. The second-order valence-electron chi connectivity index (χ2n) is 4.44. The van der Waals surface area contributed by atoms with E-state index in [1.165, 1.54) is 12.2 Å². The number of fused-ring (bicyclic) bond motifs is 1. The lowest BCUT2D eigenvalue weighted by atomic mass is 10.1. The molecule has 1 aliphatic rings. The normalized spacial score (nSPS) is 13.7. The topological polar surface area (TPSA) is 68.6 Å². The minimum absolute atomic E-state index is 0.0414. The molecule has 1 heterocycles. The van der Waals surface area contributed by atoms with Crippen molar-refractivity contribution in [2.24, 2.45) is 0 Å². The van der Waals surface area contributed by atoms with Crippen LogP contribution < -0.4 is 9.47 Å². The number of halogens is 1. The zero-order valence-corrected chi connectivity index (χ0v) is 12.6. The summed E-state index contributed by atoms with van der Waals surface area (Å²) in [6.45, 7) is 4.53. The Hall–Kier alpha value is -2.45. The van der Waals surface area contributed by atoms with E-state index >= 15 is 0 Å². The fraction of sp³-hybridized carbons (Fsp3) is 0.250. The summed E-state index contributed by atoms with van der Waals surface area (Å²) < 4.78 is 15.9. The number of carbonyl (C=O) groups is 1. The molecule has 6 heteroatoms. The smallest absolute Gasteiger partial charge is 0.349 e. The molecule has 1 aliphatic heterocycles. The fourth-order valence-corrected chi connectivity index (χ4v) is 2.12. The van der Waals surface area contributed by atoms with Crippen molar-refractivity contribution in [2.75, 3.05) is 19.8 Å². The molecule has 1 aromatic carbocycles. The Morgan fingerprint density at radius 2 is 2.23 bits per heavy atom. The number of ether oxygens (including phenoxy) is 3. The maximum Gasteiger partial charge on any atom is 0.349 e. The average Bonchev–Trinajstić information content (AvgIpc) is 2.76. The monoisotopic (exact) mass is 319 g/mol. The SMILES string of the molecule is C=CCOC(=O)/C(C#N)=C/c1cc(Cl)c2c(c1)OCCCO2.